The van der Waals surface area contributed by atoms with E-state index in [-0.39, 0.29) is 24.7 Å². The summed E-state index contributed by atoms with van der Waals surface area (Å²) < 4.78 is 0. The molecule has 0 saturated heterocycles. The molecule has 0 N–H and O–H groups in total. The third-order valence-electron chi connectivity index (χ3n) is 3.25. The Kier molecular flexibility index (Phi) is 5.83. The van der Waals surface area contributed by atoms with Crippen molar-refractivity contribution in [2.75, 3.05) is 11.7 Å². The average Bonchev–Trinajstić information content (AvgIpc) is 2.56. The van der Waals surface area contributed by atoms with Gasteiger partial charge in [-0.15, -0.1) is 6.58 Å². The lowest BCUT2D eigenvalue weighted by molar-refractivity contribution is -0.124. The smallest absolute Gasteiger partial charge is 0.255 e. The normalized spacial score (nSPS) is 10.1. The van der Waals surface area contributed by atoms with Crippen LogP contribution in [0.4, 0.5) is 5.69 Å². The lowest BCUT2D eigenvalue weighted by Crippen LogP contribution is -2.32. The molecule has 118 valence electrons. The highest BCUT2D eigenvalue weighted by molar-refractivity contribution is 5.96. The van der Waals surface area contributed by atoms with Crippen molar-refractivity contribution >= 4 is 17.4 Å². The van der Waals surface area contributed by atoms with Crippen LogP contribution in [-0.2, 0) is 16.1 Å². The minimum atomic E-state index is -0.186. The average molecular weight is 309 g/mol. The first-order chi connectivity index (χ1) is 11.1. The van der Waals surface area contributed by atoms with Crippen LogP contribution >= 0.6 is 0 Å². The van der Waals surface area contributed by atoms with Gasteiger partial charge in [0.1, 0.15) is 0 Å². The minimum Gasteiger partial charge on any atom is -0.295 e. The monoisotopic (exact) mass is 309 g/mol. The van der Waals surface area contributed by atoms with Crippen molar-refractivity contribution in [1.82, 2.24) is 0 Å². The number of ketones is 1. The molecule has 23 heavy (non-hydrogen) atoms. The first-order valence-electron chi connectivity index (χ1n) is 7.33. The molecule has 0 spiro atoms. The second kappa shape index (κ2) is 8.06. The molecule has 0 radical (unpaired) electrons. The highest BCUT2D eigenvalue weighted by Gasteiger charge is 2.17. The maximum Gasteiger partial charge on any atom is 0.255 e. The van der Waals surface area contributed by atoms with E-state index in [0.29, 0.717) is 11.3 Å². The number of rotatable bonds is 7. The van der Waals surface area contributed by atoms with Gasteiger partial charge in [0.05, 0.1) is 18.7 Å². The maximum absolute atomic E-state index is 12.5. The van der Waals surface area contributed by atoms with Crippen LogP contribution in [0.2, 0.25) is 0 Å². The number of benzene rings is 2. The van der Waals surface area contributed by atoms with Crippen LogP contribution in [0.1, 0.15) is 22.8 Å². The second-order valence-corrected chi connectivity index (χ2v) is 5.04. The van der Waals surface area contributed by atoms with E-state index in [1.54, 1.807) is 30.3 Å². The Balaban J connectivity index is 2.19. The number of anilines is 1. The van der Waals surface area contributed by atoms with E-state index < -0.39 is 0 Å². The van der Waals surface area contributed by atoms with Crippen molar-refractivity contribution in [3.63, 3.8) is 0 Å². The third kappa shape index (κ3) is 4.63. The highest BCUT2D eigenvalue weighted by Crippen LogP contribution is 2.18. The molecular weight excluding hydrogens is 290 g/mol. The minimum absolute atomic E-state index is 0.0225. The van der Waals surface area contributed by atoms with Crippen LogP contribution in [0.5, 0.6) is 0 Å². The number of carbonyl (C=O) groups excluding carboxylic acids is 2. The number of amides is 1. The van der Waals surface area contributed by atoms with Crippen LogP contribution in [-0.4, -0.2) is 18.3 Å². The second-order valence-electron chi connectivity index (χ2n) is 5.04. The van der Waals surface area contributed by atoms with Gasteiger partial charge < -0.3 is 0 Å². The van der Waals surface area contributed by atoms with Gasteiger partial charge in [0, 0.05) is 5.56 Å². The number of hydroxylamine groups is 1. The Morgan fingerprint density at radius 3 is 2.30 bits per heavy atom. The summed E-state index contributed by atoms with van der Waals surface area (Å²) in [6.45, 7) is 5.32. The summed E-state index contributed by atoms with van der Waals surface area (Å²) in [7, 11) is 0. The zero-order chi connectivity index (χ0) is 16.7. The Hall–Kier alpha value is -2.72. The molecule has 0 aliphatic carbocycles. The van der Waals surface area contributed by atoms with Gasteiger partial charge in [-0.05, 0) is 36.8 Å². The fourth-order valence-corrected chi connectivity index (χ4v) is 2.09. The molecule has 1 amide bonds. The maximum atomic E-state index is 12.5. The first kappa shape index (κ1) is 16.6. The van der Waals surface area contributed by atoms with Crippen LogP contribution < -0.4 is 5.06 Å². The number of carbonyl (C=O) groups is 2. The highest BCUT2D eigenvalue weighted by atomic mass is 16.7. The van der Waals surface area contributed by atoms with E-state index in [0.717, 1.165) is 5.56 Å². The van der Waals surface area contributed by atoms with Crippen LogP contribution in [0, 0.1) is 0 Å². The molecule has 4 nitrogen and oxygen atoms in total. The van der Waals surface area contributed by atoms with E-state index in [1.807, 2.05) is 30.3 Å². The predicted molar refractivity (Wildman–Crippen MR) is 90.2 cm³/mol. The zero-order valence-electron chi connectivity index (χ0n) is 13.1. The van der Waals surface area contributed by atoms with Gasteiger partial charge in [-0.25, -0.2) is 0 Å². The molecule has 0 fully saturated rings. The number of hydrogen-bond acceptors (Lipinski definition) is 3. The summed E-state index contributed by atoms with van der Waals surface area (Å²) in [5.41, 5.74) is 2.08. The van der Waals surface area contributed by atoms with Crippen molar-refractivity contribution < 1.29 is 14.4 Å². The van der Waals surface area contributed by atoms with Gasteiger partial charge in [-0.1, -0.05) is 36.4 Å². The molecule has 4 heteroatoms. The quantitative estimate of drug-likeness (QED) is 0.446. The zero-order valence-corrected chi connectivity index (χ0v) is 13.1. The fraction of sp³-hybridized carbons (Fsp3) is 0.158. The molecule has 2 aromatic carbocycles. The number of Topliss-reactive ketones (excluding diaryl/α,β-unsaturated/α-hetero) is 1. The van der Waals surface area contributed by atoms with E-state index in [9.17, 15) is 9.59 Å². The molecule has 0 bridgehead atoms. The van der Waals surface area contributed by atoms with E-state index in [1.165, 1.54) is 12.0 Å². The molecule has 0 aliphatic heterocycles. The predicted octanol–water partition coefficient (Wildman–Crippen LogP) is 3.58. The Morgan fingerprint density at radius 1 is 1.09 bits per heavy atom. The summed E-state index contributed by atoms with van der Waals surface area (Å²) in [5.74, 6) is -0.209. The van der Waals surface area contributed by atoms with Gasteiger partial charge in [0.15, 0.2) is 5.78 Å². The van der Waals surface area contributed by atoms with Gasteiger partial charge in [0.25, 0.3) is 5.91 Å². The summed E-state index contributed by atoms with van der Waals surface area (Å²) in [6, 6.07) is 16.2. The van der Waals surface area contributed by atoms with Gasteiger partial charge in [-0.3, -0.25) is 14.4 Å². The van der Waals surface area contributed by atoms with Crippen molar-refractivity contribution in [2.24, 2.45) is 0 Å². The molecule has 0 aliphatic rings. The number of hydrogen-bond donors (Lipinski definition) is 0. The topological polar surface area (TPSA) is 46.6 Å². The molecule has 2 aromatic rings. The summed E-state index contributed by atoms with van der Waals surface area (Å²) in [4.78, 5) is 29.4. The standard InChI is InChI=1S/C19H19NO3/c1-3-13-23-20(18-11-9-17(10-12-18)15(2)21)19(22)14-16-7-5-4-6-8-16/h3-12H,1,13-14H2,2H3. The largest absolute Gasteiger partial charge is 0.295 e. The Bertz CT molecular complexity index is 678. The summed E-state index contributed by atoms with van der Waals surface area (Å²) in [6.07, 6.45) is 1.80. The summed E-state index contributed by atoms with van der Waals surface area (Å²) in [5, 5.41) is 1.25. The van der Waals surface area contributed by atoms with Crippen LogP contribution in [0.15, 0.2) is 67.3 Å². The molecule has 0 heterocycles. The Labute approximate surface area is 136 Å². The number of nitrogens with zero attached hydrogens (tertiary/aromatic N) is 1. The fourth-order valence-electron chi connectivity index (χ4n) is 2.09. The van der Waals surface area contributed by atoms with E-state index >= 15 is 0 Å². The van der Waals surface area contributed by atoms with E-state index in [4.69, 9.17) is 4.84 Å². The summed E-state index contributed by atoms with van der Waals surface area (Å²) >= 11 is 0. The van der Waals surface area contributed by atoms with Crippen molar-refractivity contribution in [3.8, 4) is 0 Å². The molecule has 0 aromatic heterocycles. The Morgan fingerprint density at radius 2 is 1.74 bits per heavy atom. The van der Waals surface area contributed by atoms with Gasteiger partial charge in [0.2, 0.25) is 0 Å². The van der Waals surface area contributed by atoms with Crippen LogP contribution in [0.25, 0.3) is 0 Å². The third-order valence-corrected chi connectivity index (χ3v) is 3.25. The van der Waals surface area contributed by atoms with Gasteiger partial charge >= 0.3 is 0 Å². The van der Waals surface area contributed by atoms with Crippen molar-refractivity contribution in [2.45, 2.75) is 13.3 Å². The molecule has 0 saturated carbocycles. The molecule has 2 rings (SSSR count). The van der Waals surface area contributed by atoms with Crippen LogP contribution in [0.3, 0.4) is 0 Å². The first-order valence-corrected chi connectivity index (χ1v) is 7.33. The molecule has 0 unspecified atom stereocenters. The van der Waals surface area contributed by atoms with E-state index in [2.05, 4.69) is 6.58 Å². The van der Waals surface area contributed by atoms with Crippen molar-refractivity contribution in [1.29, 1.82) is 0 Å². The molecule has 0 atom stereocenters. The van der Waals surface area contributed by atoms with Gasteiger partial charge in [-0.2, -0.15) is 5.06 Å². The molecular formula is C19H19NO3. The lowest BCUT2D eigenvalue weighted by Gasteiger charge is -2.21. The van der Waals surface area contributed by atoms with Crippen molar-refractivity contribution in [3.05, 3.63) is 78.4 Å². The lowest BCUT2D eigenvalue weighted by atomic mass is 10.1. The SMILES string of the molecule is C=CCON(C(=O)Cc1ccccc1)c1ccc(C(C)=O)cc1.